The van der Waals surface area contributed by atoms with Crippen LogP contribution in [0.1, 0.15) is 12.6 Å². The minimum absolute atomic E-state index is 0.00868. The average molecular weight is 257 g/mol. The van der Waals surface area contributed by atoms with E-state index < -0.39 is 0 Å². The molecule has 0 radical (unpaired) electrons. The van der Waals surface area contributed by atoms with Crippen LogP contribution >= 0.6 is 15.9 Å². The van der Waals surface area contributed by atoms with Crippen LogP contribution in [0.5, 0.6) is 0 Å². The number of rotatable bonds is 3. The van der Waals surface area contributed by atoms with E-state index in [0.717, 1.165) is 23.3 Å². The zero-order valence-electron chi connectivity index (χ0n) is 8.09. The summed E-state index contributed by atoms with van der Waals surface area (Å²) in [5.41, 5.74) is 0.982. The number of hydrogen-bond donors (Lipinski definition) is 1. The summed E-state index contributed by atoms with van der Waals surface area (Å²) in [6.07, 6.45) is 1.79. The molecule has 0 bridgehead atoms. The number of nitrogens with zero attached hydrogens (tertiary/aromatic N) is 1. The number of ether oxygens (including phenoxy) is 1. The van der Waals surface area contributed by atoms with Gasteiger partial charge in [0.1, 0.15) is 0 Å². The summed E-state index contributed by atoms with van der Waals surface area (Å²) in [6, 6.07) is 3.95. The smallest absolute Gasteiger partial charge is 0.0907 e. The van der Waals surface area contributed by atoms with E-state index in [0.29, 0.717) is 6.61 Å². The molecule has 1 aromatic rings. The first kappa shape index (κ1) is 10.1. The van der Waals surface area contributed by atoms with Gasteiger partial charge in [-0.1, -0.05) is 0 Å². The van der Waals surface area contributed by atoms with E-state index in [1.807, 2.05) is 12.1 Å². The minimum Gasteiger partial charge on any atom is -0.366 e. The highest BCUT2D eigenvalue weighted by molar-refractivity contribution is 9.10. The van der Waals surface area contributed by atoms with Gasteiger partial charge in [-0.05, 0) is 35.0 Å². The Bertz CT molecular complexity index is 308. The Morgan fingerprint density at radius 1 is 1.57 bits per heavy atom. The number of pyridine rings is 1. The number of halogens is 1. The molecular formula is C10H13BrN2O. The fourth-order valence-electron chi connectivity index (χ4n) is 1.32. The third kappa shape index (κ3) is 2.32. The lowest BCUT2D eigenvalue weighted by Gasteiger charge is -2.38. The van der Waals surface area contributed by atoms with Crippen molar-refractivity contribution >= 4 is 15.9 Å². The summed E-state index contributed by atoms with van der Waals surface area (Å²) in [5, 5.41) is 3.19. The SMILES string of the molecule is CC1(OCc2ccc(Br)cn2)CNC1. The lowest BCUT2D eigenvalue weighted by atomic mass is 10.0. The first-order chi connectivity index (χ1) is 6.68. The van der Waals surface area contributed by atoms with Crippen LogP contribution in [0.4, 0.5) is 0 Å². The van der Waals surface area contributed by atoms with Gasteiger partial charge < -0.3 is 10.1 Å². The maximum atomic E-state index is 5.75. The van der Waals surface area contributed by atoms with Crippen LogP contribution in [-0.4, -0.2) is 23.7 Å². The normalized spacial score (nSPS) is 19.0. The van der Waals surface area contributed by atoms with E-state index in [9.17, 15) is 0 Å². The molecule has 0 amide bonds. The molecule has 1 aliphatic rings. The van der Waals surface area contributed by atoms with Crippen LogP contribution in [0, 0.1) is 0 Å². The highest BCUT2D eigenvalue weighted by atomic mass is 79.9. The molecule has 1 fully saturated rings. The summed E-state index contributed by atoms with van der Waals surface area (Å²) in [6.45, 7) is 4.57. The first-order valence-electron chi connectivity index (χ1n) is 4.63. The number of nitrogens with one attached hydrogen (secondary N) is 1. The molecule has 2 heterocycles. The van der Waals surface area contributed by atoms with Crippen molar-refractivity contribution < 1.29 is 4.74 Å². The quantitative estimate of drug-likeness (QED) is 0.895. The molecule has 2 rings (SSSR count). The standard InChI is InChI=1S/C10H13BrN2O/c1-10(6-12-7-10)14-5-9-3-2-8(11)4-13-9/h2-4,12H,5-7H2,1H3. The summed E-state index contributed by atoms with van der Waals surface area (Å²) in [7, 11) is 0. The largest absolute Gasteiger partial charge is 0.366 e. The van der Waals surface area contributed by atoms with Crippen molar-refractivity contribution in [1.29, 1.82) is 0 Å². The van der Waals surface area contributed by atoms with E-state index in [-0.39, 0.29) is 5.60 Å². The molecule has 0 saturated carbocycles. The highest BCUT2D eigenvalue weighted by Crippen LogP contribution is 2.17. The van der Waals surface area contributed by atoms with Crippen LogP contribution < -0.4 is 5.32 Å². The molecule has 1 aliphatic heterocycles. The molecule has 1 N–H and O–H groups in total. The van der Waals surface area contributed by atoms with Crippen molar-refractivity contribution in [3.8, 4) is 0 Å². The number of hydrogen-bond acceptors (Lipinski definition) is 3. The van der Waals surface area contributed by atoms with Gasteiger partial charge in [0.15, 0.2) is 0 Å². The molecule has 0 aliphatic carbocycles. The van der Waals surface area contributed by atoms with Gasteiger partial charge in [0.2, 0.25) is 0 Å². The molecule has 3 nitrogen and oxygen atoms in total. The third-order valence-electron chi connectivity index (χ3n) is 2.36. The fraction of sp³-hybridized carbons (Fsp3) is 0.500. The third-order valence-corrected chi connectivity index (χ3v) is 2.82. The van der Waals surface area contributed by atoms with Crippen LogP contribution in [-0.2, 0) is 11.3 Å². The Kier molecular flexibility index (Phi) is 2.85. The van der Waals surface area contributed by atoms with Gasteiger partial charge in [-0.3, -0.25) is 4.98 Å². The monoisotopic (exact) mass is 256 g/mol. The topological polar surface area (TPSA) is 34.1 Å². The second kappa shape index (κ2) is 3.96. The lowest BCUT2D eigenvalue weighted by Crippen LogP contribution is -2.58. The summed E-state index contributed by atoms with van der Waals surface area (Å²) < 4.78 is 6.75. The van der Waals surface area contributed by atoms with Crippen molar-refractivity contribution in [2.75, 3.05) is 13.1 Å². The van der Waals surface area contributed by atoms with Crippen LogP contribution in [0.2, 0.25) is 0 Å². The van der Waals surface area contributed by atoms with Crippen LogP contribution in [0.3, 0.4) is 0 Å². The zero-order chi connectivity index (χ0) is 10.0. The van der Waals surface area contributed by atoms with Gasteiger partial charge in [-0.25, -0.2) is 0 Å². The van der Waals surface area contributed by atoms with Crippen molar-refractivity contribution in [3.63, 3.8) is 0 Å². The second-order valence-electron chi connectivity index (χ2n) is 3.81. The molecule has 0 atom stereocenters. The molecule has 4 heteroatoms. The van der Waals surface area contributed by atoms with Gasteiger partial charge in [-0.15, -0.1) is 0 Å². The number of aromatic nitrogens is 1. The Labute approximate surface area is 92.0 Å². The molecule has 1 aromatic heterocycles. The van der Waals surface area contributed by atoms with Crippen LogP contribution in [0.25, 0.3) is 0 Å². The summed E-state index contributed by atoms with van der Waals surface area (Å²) in [5.74, 6) is 0. The Morgan fingerprint density at radius 2 is 2.36 bits per heavy atom. The Hall–Kier alpha value is -0.450. The average Bonchev–Trinajstić information content (AvgIpc) is 2.14. The van der Waals surface area contributed by atoms with Crippen molar-refractivity contribution in [3.05, 3.63) is 28.5 Å². The lowest BCUT2D eigenvalue weighted by molar-refractivity contribution is -0.0778. The van der Waals surface area contributed by atoms with Crippen molar-refractivity contribution in [2.24, 2.45) is 0 Å². The van der Waals surface area contributed by atoms with E-state index in [1.54, 1.807) is 6.20 Å². The van der Waals surface area contributed by atoms with Crippen molar-refractivity contribution in [1.82, 2.24) is 10.3 Å². The molecule has 0 unspecified atom stereocenters. The zero-order valence-corrected chi connectivity index (χ0v) is 9.67. The molecule has 76 valence electrons. The highest BCUT2D eigenvalue weighted by Gasteiger charge is 2.32. The fourth-order valence-corrected chi connectivity index (χ4v) is 1.55. The maximum Gasteiger partial charge on any atom is 0.0907 e. The van der Waals surface area contributed by atoms with Gasteiger partial charge >= 0.3 is 0 Å². The Morgan fingerprint density at radius 3 is 2.86 bits per heavy atom. The molecule has 0 aromatic carbocycles. The molecule has 14 heavy (non-hydrogen) atoms. The van der Waals surface area contributed by atoms with Gasteiger partial charge in [0.25, 0.3) is 0 Å². The summed E-state index contributed by atoms with van der Waals surface area (Å²) >= 11 is 3.35. The molecular weight excluding hydrogens is 244 g/mol. The van der Waals surface area contributed by atoms with E-state index in [2.05, 4.69) is 33.2 Å². The maximum absolute atomic E-state index is 5.75. The van der Waals surface area contributed by atoms with E-state index in [4.69, 9.17) is 4.74 Å². The van der Waals surface area contributed by atoms with E-state index >= 15 is 0 Å². The summed E-state index contributed by atoms with van der Waals surface area (Å²) in [4.78, 5) is 4.25. The minimum atomic E-state index is 0.00868. The Balaban J connectivity index is 1.88. The molecule has 0 spiro atoms. The predicted octanol–water partition coefficient (Wildman–Crippen LogP) is 1.72. The molecule has 1 saturated heterocycles. The van der Waals surface area contributed by atoms with Gasteiger partial charge in [-0.2, -0.15) is 0 Å². The second-order valence-corrected chi connectivity index (χ2v) is 4.73. The van der Waals surface area contributed by atoms with Gasteiger partial charge in [0.05, 0.1) is 17.9 Å². The first-order valence-corrected chi connectivity index (χ1v) is 5.42. The predicted molar refractivity (Wildman–Crippen MR) is 58.0 cm³/mol. The van der Waals surface area contributed by atoms with E-state index in [1.165, 1.54) is 0 Å². The van der Waals surface area contributed by atoms with Crippen LogP contribution in [0.15, 0.2) is 22.8 Å². The van der Waals surface area contributed by atoms with Gasteiger partial charge in [0, 0.05) is 23.8 Å². The van der Waals surface area contributed by atoms with Crippen molar-refractivity contribution in [2.45, 2.75) is 19.1 Å².